The number of nitrogens with one attached hydrogen (secondary N) is 1. The van der Waals surface area contributed by atoms with Gasteiger partial charge in [-0.15, -0.1) is 0 Å². The molecule has 2 fully saturated rings. The van der Waals surface area contributed by atoms with Gasteiger partial charge in [0, 0.05) is 38.8 Å². The lowest BCUT2D eigenvalue weighted by Crippen LogP contribution is -2.50. The van der Waals surface area contributed by atoms with E-state index >= 15 is 0 Å². The molecule has 0 bridgehead atoms. The first-order chi connectivity index (χ1) is 14.4. The van der Waals surface area contributed by atoms with E-state index in [1.807, 2.05) is 30.3 Å². The summed E-state index contributed by atoms with van der Waals surface area (Å²) >= 11 is 0. The quantitative estimate of drug-likeness (QED) is 0.776. The Hall–Kier alpha value is -2.38. The van der Waals surface area contributed by atoms with Gasteiger partial charge in [-0.2, -0.15) is 13.2 Å². The third-order valence-corrected chi connectivity index (χ3v) is 5.75. The van der Waals surface area contributed by atoms with Crippen LogP contribution in [0.2, 0.25) is 0 Å². The summed E-state index contributed by atoms with van der Waals surface area (Å²) in [7, 11) is 0. The summed E-state index contributed by atoms with van der Waals surface area (Å²) in [6.07, 6.45) is -2.21. The van der Waals surface area contributed by atoms with E-state index in [-0.39, 0.29) is 11.9 Å². The summed E-state index contributed by atoms with van der Waals surface area (Å²) in [6.45, 7) is 3.61. The number of hydrogen-bond acceptors (Lipinski definition) is 3. The fraction of sp³-hybridized carbons (Fsp3) is 0.435. The average molecular weight is 417 g/mol. The fourth-order valence-corrected chi connectivity index (χ4v) is 3.91. The Bertz CT molecular complexity index is 842. The predicted molar refractivity (Wildman–Crippen MR) is 109 cm³/mol. The van der Waals surface area contributed by atoms with E-state index in [1.54, 1.807) is 12.1 Å². The summed E-state index contributed by atoms with van der Waals surface area (Å²) in [5.74, 6) is 0.0555. The van der Waals surface area contributed by atoms with Crippen LogP contribution in [0.15, 0.2) is 54.6 Å². The molecule has 1 saturated heterocycles. The van der Waals surface area contributed by atoms with Crippen LogP contribution in [0.4, 0.5) is 13.2 Å². The van der Waals surface area contributed by atoms with Gasteiger partial charge >= 0.3 is 6.18 Å². The van der Waals surface area contributed by atoms with Crippen molar-refractivity contribution in [1.82, 2.24) is 15.1 Å². The number of carbonyl (C=O) groups is 1. The number of nitrogens with zero attached hydrogens (tertiary/aromatic N) is 2. The zero-order valence-electron chi connectivity index (χ0n) is 16.7. The minimum absolute atomic E-state index is 0.0555. The van der Waals surface area contributed by atoms with Crippen LogP contribution in [-0.4, -0.2) is 47.9 Å². The number of benzene rings is 2. The van der Waals surface area contributed by atoms with Crippen LogP contribution in [0.5, 0.6) is 0 Å². The van der Waals surface area contributed by atoms with Crippen LogP contribution in [0.1, 0.15) is 35.6 Å². The van der Waals surface area contributed by atoms with Crippen LogP contribution in [0.3, 0.4) is 0 Å². The molecule has 4 rings (SSSR count). The maximum atomic E-state index is 12.9. The second kappa shape index (κ2) is 8.78. The lowest BCUT2D eigenvalue weighted by atomic mass is 10.0. The number of amides is 1. The third kappa shape index (κ3) is 5.21. The first kappa shape index (κ1) is 20.9. The van der Waals surface area contributed by atoms with Crippen molar-refractivity contribution in [3.8, 4) is 0 Å². The standard InChI is InChI=1S/C23H26F3N3O/c24-23(25,26)19-8-6-17(7-9-19)16-28-12-14-29(15-13-28)21(18-4-2-1-3-5-18)22(30)27-20-10-11-20/h1-9,20-21H,10-16H2,(H,27,30). The lowest BCUT2D eigenvalue weighted by molar-refractivity contribution is -0.137. The molecular weight excluding hydrogens is 391 g/mol. The molecule has 160 valence electrons. The summed E-state index contributed by atoms with van der Waals surface area (Å²) in [5, 5.41) is 3.13. The molecule has 1 aliphatic carbocycles. The molecule has 2 aromatic rings. The van der Waals surface area contributed by atoms with E-state index in [4.69, 9.17) is 0 Å². The number of halogens is 3. The van der Waals surface area contributed by atoms with Crippen molar-refractivity contribution >= 4 is 5.91 Å². The molecule has 1 heterocycles. The SMILES string of the molecule is O=C(NC1CC1)C(c1ccccc1)N1CCN(Cc2ccc(C(F)(F)F)cc2)CC1. The van der Waals surface area contributed by atoms with Gasteiger partial charge in [-0.1, -0.05) is 42.5 Å². The minimum atomic E-state index is -4.31. The molecule has 0 aromatic heterocycles. The zero-order chi connectivity index (χ0) is 21.1. The van der Waals surface area contributed by atoms with Crippen LogP contribution in [-0.2, 0) is 17.5 Å². The molecule has 7 heteroatoms. The van der Waals surface area contributed by atoms with Crippen molar-refractivity contribution in [3.05, 3.63) is 71.3 Å². The van der Waals surface area contributed by atoms with Crippen molar-refractivity contribution in [2.45, 2.75) is 37.6 Å². The Morgan fingerprint density at radius 2 is 1.60 bits per heavy atom. The van der Waals surface area contributed by atoms with Crippen LogP contribution >= 0.6 is 0 Å². The maximum absolute atomic E-state index is 12.9. The number of rotatable bonds is 6. The van der Waals surface area contributed by atoms with Gasteiger partial charge < -0.3 is 5.32 Å². The second-order valence-electron chi connectivity index (χ2n) is 8.10. The fourth-order valence-electron chi connectivity index (χ4n) is 3.91. The molecule has 30 heavy (non-hydrogen) atoms. The molecule has 1 saturated carbocycles. The maximum Gasteiger partial charge on any atom is 0.416 e. The molecule has 1 amide bonds. The third-order valence-electron chi connectivity index (χ3n) is 5.75. The topological polar surface area (TPSA) is 35.6 Å². The highest BCUT2D eigenvalue weighted by molar-refractivity contribution is 5.83. The number of hydrogen-bond donors (Lipinski definition) is 1. The molecule has 4 nitrogen and oxygen atoms in total. The van der Waals surface area contributed by atoms with Crippen molar-refractivity contribution in [3.63, 3.8) is 0 Å². The Morgan fingerprint density at radius 1 is 0.967 bits per heavy atom. The Morgan fingerprint density at radius 3 is 2.17 bits per heavy atom. The molecule has 0 radical (unpaired) electrons. The van der Waals surface area contributed by atoms with E-state index < -0.39 is 11.7 Å². The zero-order valence-corrected chi connectivity index (χ0v) is 16.7. The molecule has 0 spiro atoms. The first-order valence-electron chi connectivity index (χ1n) is 10.4. The van der Waals surface area contributed by atoms with Crippen LogP contribution < -0.4 is 5.32 Å². The van der Waals surface area contributed by atoms with Gasteiger partial charge in [-0.25, -0.2) is 0 Å². The summed E-state index contributed by atoms with van der Waals surface area (Å²) < 4.78 is 38.2. The van der Waals surface area contributed by atoms with E-state index in [1.165, 1.54) is 0 Å². The number of alkyl halides is 3. The van der Waals surface area contributed by atoms with Crippen molar-refractivity contribution in [2.75, 3.05) is 26.2 Å². The normalized spacial score (nSPS) is 19.4. The van der Waals surface area contributed by atoms with E-state index in [2.05, 4.69) is 15.1 Å². The monoisotopic (exact) mass is 417 g/mol. The Labute approximate surface area is 174 Å². The number of piperazine rings is 1. The first-order valence-corrected chi connectivity index (χ1v) is 10.4. The summed E-state index contributed by atoms with van der Waals surface area (Å²) in [6, 6.07) is 15.2. The molecule has 2 aliphatic rings. The summed E-state index contributed by atoms with van der Waals surface area (Å²) in [5.41, 5.74) is 1.23. The largest absolute Gasteiger partial charge is 0.416 e. The second-order valence-corrected chi connectivity index (χ2v) is 8.10. The highest BCUT2D eigenvalue weighted by Gasteiger charge is 2.34. The van der Waals surface area contributed by atoms with E-state index in [0.717, 1.165) is 62.3 Å². The minimum Gasteiger partial charge on any atom is -0.352 e. The van der Waals surface area contributed by atoms with Gasteiger partial charge in [0.25, 0.3) is 0 Å². The Kier molecular flexibility index (Phi) is 6.11. The highest BCUT2D eigenvalue weighted by Crippen LogP contribution is 2.30. The van der Waals surface area contributed by atoms with Gasteiger partial charge in [0.15, 0.2) is 0 Å². The smallest absolute Gasteiger partial charge is 0.352 e. The van der Waals surface area contributed by atoms with E-state index in [0.29, 0.717) is 12.6 Å². The van der Waals surface area contributed by atoms with Gasteiger partial charge in [0.05, 0.1) is 5.56 Å². The number of carbonyl (C=O) groups excluding carboxylic acids is 1. The van der Waals surface area contributed by atoms with Crippen LogP contribution in [0.25, 0.3) is 0 Å². The molecular formula is C23H26F3N3O. The summed E-state index contributed by atoms with van der Waals surface area (Å²) in [4.78, 5) is 17.3. The van der Waals surface area contributed by atoms with Crippen molar-refractivity contribution < 1.29 is 18.0 Å². The molecule has 1 aliphatic heterocycles. The molecule has 2 aromatic carbocycles. The van der Waals surface area contributed by atoms with Gasteiger partial charge in [0.2, 0.25) is 5.91 Å². The van der Waals surface area contributed by atoms with Crippen molar-refractivity contribution in [1.29, 1.82) is 0 Å². The molecule has 1 N–H and O–H groups in total. The highest BCUT2D eigenvalue weighted by atomic mass is 19.4. The predicted octanol–water partition coefficient (Wildman–Crippen LogP) is 3.84. The molecule has 1 unspecified atom stereocenters. The van der Waals surface area contributed by atoms with E-state index in [9.17, 15) is 18.0 Å². The van der Waals surface area contributed by atoms with Gasteiger partial charge in [-0.3, -0.25) is 14.6 Å². The Balaban J connectivity index is 1.37. The lowest BCUT2D eigenvalue weighted by Gasteiger charge is -2.39. The van der Waals surface area contributed by atoms with Crippen molar-refractivity contribution in [2.24, 2.45) is 0 Å². The van der Waals surface area contributed by atoms with Gasteiger partial charge in [0.1, 0.15) is 6.04 Å². The average Bonchev–Trinajstić information content (AvgIpc) is 3.54. The van der Waals surface area contributed by atoms with Gasteiger partial charge in [-0.05, 0) is 36.1 Å². The molecule has 1 atom stereocenters. The van der Waals surface area contributed by atoms with Crippen LogP contribution in [0, 0.1) is 0 Å².